The minimum atomic E-state index is 0.711. The number of hydrogen-bond donors (Lipinski definition) is 1. The van der Waals surface area contributed by atoms with Crippen molar-refractivity contribution in [3.05, 3.63) is 34.3 Å². The van der Waals surface area contributed by atoms with Gasteiger partial charge in [-0.15, -0.1) is 0 Å². The van der Waals surface area contributed by atoms with Gasteiger partial charge in [-0.25, -0.2) is 0 Å². The van der Waals surface area contributed by atoms with E-state index in [1.807, 2.05) is 6.07 Å². The molecule has 0 aliphatic heterocycles. The number of rotatable bonds is 5. The van der Waals surface area contributed by atoms with Gasteiger partial charge in [0.1, 0.15) is 0 Å². The van der Waals surface area contributed by atoms with Crippen LogP contribution in [0.2, 0.25) is 5.02 Å². The maximum absolute atomic E-state index is 5.99. The summed E-state index contributed by atoms with van der Waals surface area (Å²) in [6.45, 7) is 5.42. The number of aryl methyl sites for hydroxylation is 1. The number of halogens is 1. The monoisotopic (exact) mass is 279 g/mol. The van der Waals surface area contributed by atoms with Crippen LogP contribution in [0.3, 0.4) is 0 Å². The van der Waals surface area contributed by atoms with E-state index in [1.54, 1.807) is 0 Å². The van der Waals surface area contributed by atoms with Gasteiger partial charge in [-0.2, -0.15) is 0 Å². The summed E-state index contributed by atoms with van der Waals surface area (Å²) in [5.41, 5.74) is 2.67. The molecule has 1 aliphatic carbocycles. The highest BCUT2D eigenvalue weighted by molar-refractivity contribution is 6.30. The molecule has 1 N–H and O–H groups in total. The van der Waals surface area contributed by atoms with Gasteiger partial charge in [0, 0.05) is 17.6 Å². The first-order chi connectivity index (χ1) is 9.19. The van der Waals surface area contributed by atoms with Crippen LogP contribution in [0.15, 0.2) is 18.2 Å². The molecule has 2 heteroatoms. The third kappa shape index (κ3) is 4.50. The summed E-state index contributed by atoms with van der Waals surface area (Å²) < 4.78 is 0. The van der Waals surface area contributed by atoms with Gasteiger partial charge in [-0.3, -0.25) is 0 Å². The van der Waals surface area contributed by atoms with Crippen LogP contribution < -0.4 is 5.32 Å². The summed E-state index contributed by atoms with van der Waals surface area (Å²) >= 11 is 5.99. The molecule has 19 heavy (non-hydrogen) atoms. The second-order valence-electron chi connectivity index (χ2n) is 5.96. The van der Waals surface area contributed by atoms with Crippen molar-refractivity contribution in [3.63, 3.8) is 0 Å². The molecule has 0 aromatic heterocycles. The molecule has 0 atom stereocenters. The van der Waals surface area contributed by atoms with Gasteiger partial charge in [-0.05, 0) is 61.8 Å². The second kappa shape index (κ2) is 7.31. The Hall–Kier alpha value is -0.530. The normalized spacial score (nSPS) is 23.5. The van der Waals surface area contributed by atoms with Crippen LogP contribution in [0, 0.1) is 12.8 Å². The van der Waals surface area contributed by atoms with Gasteiger partial charge < -0.3 is 5.32 Å². The van der Waals surface area contributed by atoms with Crippen molar-refractivity contribution in [1.82, 2.24) is 5.32 Å². The lowest BCUT2D eigenvalue weighted by Gasteiger charge is -2.29. The molecular formula is C17H26ClN. The van der Waals surface area contributed by atoms with Crippen molar-refractivity contribution < 1.29 is 0 Å². The van der Waals surface area contributed by atoms with E-state index in [9.17, 15) is 0 Å². The smallest absolute Gasteiger partial charge is 0.0408 e. The molecule has 1 nitrogen and oxygen atoms in total. The standard InChI is InChI=1S/C17H26ClN/c1-3-4-14-5-9-17(10-6-14)19-12-15-7-8-16(18)11-13(15)2/h7-8,11,14,17,19H,3-6,9-10,12H2,1-2H3. The van der Waals surface area contributed by atoms with Gasteiger partial charge in [0.25, 0.3) is 0 Å². The summed E-state index contributed by atoms with van der Waals surface area (Å²) in [4.78, 5) is 0. The Morgan fingerprint density at radius 1 is 1.21 bits per heavy atom. The molecule has 0 spiro atoms. The van der Waals surface area contributed by atoms with E-state index in [2.05, 4.69) is 31.3 Å². The fraction of sp³-hybridized carbons (Fsp3) is 0.647. The summed E-state index contributed by atoms with van der Waals surface area (Å²) in [7, 11) is 0. The molecule has 1 fully saturated rings. The molecule has 0 radical (unpaired) electrons. The number of hydrogen-bond acceptors (Lipinski definition) is 1. The third-order valence-corrected chi connectivity index (χ3v) is 4.66. The highest BCUT2D eigenvalue weighted by Gasteiger charge is 2.20. The molecule has 0 saturated heterocycles. The van der Waals surface area contributed by atoms with Crippen molar-refractivity contribution in [2.45, 2.75) is 65.0 Å². The van der Waals surface area contributed by atoms with E-state index in [0.29, 0.717) is 6.04 Å². The van der Waals surface area contributed by atoms with Crippen LogP contribution >= 0.6 is 11.6 Å². The molecule has 1 aliphatic rings. The summed E-state index contributed by atoms with van der Waals surface area (Å²) in [5, 5.41) is 4.55. The topological polar surface area (TPSA) is 12.0 Å². The zero-order valence-corrected chi connectivity index (χ0v) is 13.0. The lowest BCUT2D eigenvalue weighted by molar-refractivity contribution is 0.277. The largest absolute Gasteiger partial charge is 0.310 e. The third-order valence-electron chi connectivity index (χ3n) is 4.43. The van der Waals surface area contributed by atoms with Crippen LogP contribution in [0.1, 0.15) is 56.6 Å². The van der Waals surface area contributed by atoms with Gasteiger partial charge in [-0.1, -0.05) is 37.4 Å². The molecule has 0 bridgehead atoms. The van der Waals surface area contributed by atoms with Gasteiger partial charge in [0.2, 0.25) is 0 Å². The quantitative estimate of drug-likeness (QED) is 0.791. The molecule has 2 rings (SSSR count). The first-order valence-corrected chi connectivity index (χ1v) is 8.05. The van der Waals surface area contributed by atoms with Crippen LogP contribution in [-0.2, 0) is 6.54 Å². The fourth-order valence-corrected chi connectivity index (χ4v) is 3.40. The summed E-state index contributed by atoms with van der Waals surface area (Å²) in [6, 6.07) is 6.90. The lowest BCUT2D eigenvalue weighted by Crippen LogP contribution is -2.32. The first kappa shape index (κ1) is 14.9. The lowest BCUT2D eigenvalue weighted by atomic mass is 9.83. The minimum Gasteiger partial charge on any atom is -0.310 e. The van der Waals surface area contributed by atoms with Crippen molar-refractivity contribution in [2.24, 2.45) is 5.92 Å². The summed E-state index contributed by atoms with van der Waals surface area (Å²) in [6.07, 6.45) is 8.26. The van der Waals surface area contributed by atoms with Crippen molar-refractivity contribution in [3.8, 4) is 0 Å². The van der Waals surface area contributed by atoms with Crippen LogP contribution in [-0.4, -0.2) is 6.04 Å². The average Bonchev–Trinajstić information content (AvgIpc) is 2.40. The SMILES string of the molecule is CCCC1CCC(NCc2ccc(Cl)cc2C)CC1. The Kier molecular flexibility index (Phi) is 5.72. The van der Waals surface area contributed by atoms with Crippen LogP contribution in [0.4, 0.5) is 0 Å². The maximum atomic E-state index is 5.99. The van der Waals surface area contributed by atoms with Crippen LogP contribution in [0.25, 0.3) is 0 Å². The van der Waals surface area contributed by atoms with E-state index in [4.69, 9.17) is 11.6 Å². The number of nitrogens with one attached hydrogen (secondary N) is 1. The Morgan fingerprint density at radius 3 is 2.58 bits per heavy atom. The highest BCUT2D eigenvalue weighted by atomic mass is 35.5. The first-order valence-electron chi connectivity index (χ1n) is 7.67. The molecule has 0 heterocycles. The van der Waals surface area contributed by atoms with E-state index in [1.165, 1.54) is 49.7 Å². The van der Waals surface area contributed by atoms with Crippen molar-refractivity contribution in [2.75, 3.05) is 0 Å². The molecule has 1 aromatic carbocycles. The Bertz CT molecular complexity index is 394. The molecular weight excluding hydrogens is 254 g/mol. The van der Waals surface area contributed by atoms with Crippen molar-refractivity contribution in [1.29, 1.82) is 0 Å². The maximum Gasteiger partial charge on any atom is 0.0408 e. The highest BCUT2D eigenvalue weighted by Crippen LogP contribution is 2.28. The van der Waals surface area contributed by atoms with Crippen LogP contribution in [0.5, 0.6) is 0 Å². The predicted octanol–water partition coefficient (Wildman–Crippen LogP) is 5.10. The molecule has 0 unspecified atom stereocenters. The average molecular weight is 280 g/mol. The molecule has 1 saturated carbocycles. The molecule has 0 amide bonds. The van der Waals surface area contributed by atoms with E-state index < -0.39 is 0 Å². The molecule has 1 aromatic rings. The van der Waals surface area contributed by atoms with Gasteiger partial charge in [0.05, 0.1) is 0 Å². The van der Waals surface area contributed by atoms with E-state index in [0.717, 1.165) is 17.5 Å². The van der Waals surface area contributed by atoms with E-state index >= 15 is 0 Å². The zero-order chi connectivity index (χ0) is 13.7. The second-order valence-corrected chi connectivity index (χ2v) is 6.39. The Labute approximate surface area is 122 Å². The predicted molar refractivity (Wildman–Crippen MR) is 83.7 cm³/mol. The number of benzene rings is 1. The van der Waals surface area contributed by atoms with Crippen molar-refractivity contribution >= 4 is 11.6 Å². The van der Waals surface area contributed by atoms with Gasteiger partial charge in [0.15, 0.2) is 0 Å². The molecule has 106 valence electrons. The van der Waals surface area contributed by atoms with E-state index in [-0.39, 0.29) is 0 Å². The minimum absolute atomic E-state index is 0.711. The fourth-order valence-electron chi connectivity index (χ4n) is 3.18. The van der Waals surface area contributed by atoms with Gasteiger partial charge >= 0.3 is 0 Å². The summed E-state index contributed by atoms with van der Waals surface area (Å²) in [5.74, 6) is 0.986. The Balaban J connectivity index is 1.77. The zero-order valence-electron chi connectivity index (χ0n) is 12.2. The Morgan fingerprint density at radius 2 is 1.95 bits per heavy atom.